The fourth-order valence-corrected chi connectivity index (χ4v) is 3.79. The van der Waals surface area contributed by atoms with Crippen LogP contribution in [0.4, 0.5) is 0 Å². The summed E-state index contributed by atoms with van der Waals surface area (Å²) in [6.45, 7) is 15.8. The van der Waals surface area contributed by atoms with Crippen LogP contribution < -0.4 is 10.6 Å². The molecule has 0 aromatic carbocycles. The van der Waals surface area contributed by atoms with Gasteiger partial charge in [-0.15, -0.1) is 6.58 Å². The van der Waals surface area contributed by atoms with E-state index in [1.54, 1.807) is 0 Å². The minimum atomic E-state index is -0.0466. The van der Waals surface area contributed by atoms with E-state index in [1.807, 2.05) is 0 Å². The SMILES string of the molecule is C=C([SiH3])C(CC)(NC(CC)CCCC)NC(CC)CCCC. The van der Waals surface area contributed by atoms with Gasteiger partial charge in [0.2, 0.25) is 0 Å². The fourth-order valence-electron chi connectivity index (χ4n) is 3.15. The van der Waals surface area contributed by atoms with E-state index in [2.05, 4.69) is 51.8 Å². The van der Waals surface area contributed by atoms with Gasteiger partial charge in [0.1, 0.15) is 0 Å². The van der Waals surface area contributed by atoms with Crippen LogP contribution >= 0.6 is 0 Å². The topological polar surface area (TPSA) is 24.1 Å². The van der Waals surface area contributed by atoms with Crippen LogP contribution in [-0.4, -0.2) is 28.0 Å². The fraction of sp³-hybridized carbons (Fsp3) is 0.895. The smallest absolute Gasteiger partial charge is 0.0862 e. The van der Waals surface area contributed by atoms with Gasteiger partial charge in [0.25, 0.3) is 0 Å². The Balaban J connectivity index is 4.99. The Bertz CT molecular complexity index is 273. The molecule has 0 aliphatic heterocycles. The molecule has 0 fully saturated rings. The summed E-state index contributed by atoms with van der Waals surface area (Å²) in [5, 5.41) is 9.29. The Morgan fingerprint density at radius 1 is 0.909 bits per heavy atom. The quantitative estimate of drug-likeness (QED) is 0.371. The Kier molecular flexibility index (Phi) is 12.2. The van der Waals surface area contributed by atoms with Gasteiger partial charge in [0, 0.05) is 22.3 Å². The Labute approximate surface area is 143 Å². The lowest BCUT2D eigenvalue weighted by Crippen LogP contribution is -2.63. The van der Waals surface area contributed by atoms with Crippen LogP contribution in [0.2, 0.25) is 0 Å². The lowest BCUT2D eigenvalue weighted by molar-refractivity contribution is 0.223. The van der Waals surface area contributed by atoms with Crippen molar-refractivity contribution in [3.05, 3.63) is 11.8 Å². The summed E-state index contributed by atoms with van der Waals surface area (Å²) in [6.07, 6.45) is 11.2. The summed E-state index contributed by atoms with van der Waals surface area (Å²) >= 11 is 0. The molecule has 0 aliphatic carbocycles. The number of hydrogen-bond donors (Lipinski definition) is 2. The number of nitrogens with one attached hydrogen (secondary N) is 2. The molecule has 0 aliphatic rings. The van der Waals surface area contributed by atoms with E-state index in [9.17, 15) is 0 Å². The molecule has 0 bridgehead atoms. The van der Waals surface area contributed by atoms with E-state index in [4.69, 9.17) is 0 Å². The normalized spacial score (nSPS) is 17.1. The third-order valence-electron chi connectivity index (χ3n) is 4.96. The highest BCUT2D eigenvalue weighted by molar-refractivity contribution is 6.22. The zero-order chi connectivity index (χ0) is 17.0. The minimum Gasteiger partial charge on any atom is -0.293 e. The molecule has 3 heteroatoms. The summed E-state index contributed by atoms with van der Waals surface area (Å²) in [4.78, 5) is 0. The first-order chi connectivity index (χ1) is 10.5. The van der Waals surface area contributed by atoms with Gasteiger partial charge in [-0.1, -0.05) is 65.5 Å². The van der Waals surface area contributed by atoms with Crippen LogP contribution in [0.1, 0.15) is 92.4 Å². The first kappa shape index (κ1) is 21.9. The van der Waals surface area contributed by atoms with Gasteiger partial charge < -0.3 is 0 Å². The van der Waals surface area contributed by atoms with Crippen molar-refractivity contribution in [1.82, 2.24) is 10.6 Å². The van der Waals surface area contributed by atoms with Gasteiger partial charge in [-0.25, -0.2) is 0 Å². The molecule has 2 unspecified atom stereocenters. The summed E-state index contributed by atoms with van der Waals surface area (Å²) in [7, 11) is 1.04. The van der Waals surface area contributed by atoms with Crippen LogP contribution in [0.25, 0.3) is 0 Å². The molecular weight excluding hydrogens is 284 g/mol. The molecule has 0 saturated heterocycles. The molecule has 2 atom stereocenters. The highest BCUT2D eigenvalue weighted by atomic mass is 28.1. The highest BCUT2D eigenvalue weighted by Gasteiger charge is 2.32. The van der Waals surface area contributed by atoms with Crippen LogP contribution in [-0.2, 0) is 0 Å². The average molecular weight is 327 g/mol. The zero-order valence-corrected chi connectivity index (χ0v) is 18.2. The number of unbranched alkanes of at least 4 members (excludes halogenated alkanes) is 2. The average Bonchev–Trinajstić information content (AvgIpc) is 2.53. The molecule has 0 spiro atoms. The van der Waals surface area contributed by atoms with Crippen molar-refractivity contribution in [3.63, 3.8) is 0 Å². The van der Waals surface area contributed by atoms with E-state index in [1.165, 1.54) is 56.6 Å². The first-order valence-corrected chi connectivity index (χ1v) is 10.7. The summed E-state index contributed by atoms with van der Waals surface area (Å²) < 4.78 is 0. The largest absolute Gasteiger partial charge is 0.293 e. The predicted octanol–water partition coefficient (Wildman–Crippen LogP) is 4.09. The summed E-state index contributed by atoms with van der Waals surface area (Å²) in [5.74, 6) is 0. The molecule has 0 aromatic heterocycles. The predicted molar refractivity (Wildman–Crippen MR) is 106 cm³/mol. The molecule has 0 saturated carbocycles. The zero-order valence-electron chi connectivity index (χ0n) is 16.2. The van der Waals surface area contributed by atoms with Crippen molar-refractivity contribution in [2.75, 3.05) is 0 Å². The second kappa shape index (κ2) is 12.3. The molecule has 0 radical (unpaired) electrons. The van der Waals surface area contributed by atoms with Gasteiger partial charge in [-0.3, -0.25) is 10.6 Å². The first-order valence-electron chi connectivity index (χ1n) is 9.70. The van der Waals surface area contributed by atoms with Crippen LogP contribution in [0.15, 0.2) is 11.8 Å². The lowest BCUT2D eigenvalue weighted by Gasteiger charge is -2.42. The van der Waals surface area contributed by atoms with Gasteiger partial charge in [0.05, 0.1) is 5.66 Å². The lowest BCUT2D eigenvalue weighted by atomic mass is 9.97. The summed E-state index contributed by atoms with van der Waals surface area (Å²) in [5.41, 5.74) is -0.0466. The molecule has 132 valence electrons. The van der Waals surface area contributed by atoms with Crippen LogP contribution in [0.5, 0.6) is 0 Å². The van der Waals surface area contributed by atoms with Crippen molar-refractivity contribution in [3.8, 4) is 0 Å². The molecule has 0 amide bonds. The molecule has 22 heavy (non-hydrogen) atoms. The molecule has 2 N–H and O–H groups in total. The van der Waals surface area contributed by atoms with Crippen LogP contribution in [0, 0.1) is 0 Å². The molecule has 0 heterocycles. The van der Waals surface area contributed by atoms with Gasteiger partial charge in [-0.05, 0) is 32.1 Å². The van der Waals surface area contributed by atoms with E-state index in [0.29, 0.717) is 12.1 Å². The van der Waals surface area contributed by atoms with Gasteiger partial charge in [-0.2, -0.15) is 0 Å². The second-order valence-electron chi connectivity index (χ2n) is 6.82. The maximum Gasteiger partial charge on any atom is 0.0862 e. The third kappa shape index (κ3) is 7.43. The number of rotatable bonds is 14. The van der Waals surface area contributed by atoms with Crippen molar-refractivity contribution < 1.29 is 0 Å². The molecule has 2 nitrogen and oxygen atoms in total. The Morgan fingerprint density at radius 2 is 1.32 bits per heavy atom. The summed E-state index contributed by atoms with van der Waals surface area (Å²) in [6, 6.07) is 1.20. The van der Waals surface area contributed by atoms with Crippen molar-refractivity contribution >= 4 is 10.2 Å². The highest BCUT2D eigenvalue weighted by Crippen LogP contribution is 2.21. The van der Waals surface area contributed by atoms with E-state index >= 15 is 0 Å². The minimum absolute atomic E-state index is 0.0466. The second-order valence-corrected chi connectivity index (χ2v) is 8.03. The van der Waals surface area contributed by atoms with Crippen molar-refractivity contribution in [1.29, 1.82) is 0 Å². The monoisotopic (exact) mass is 326 g/mol. The number of hydrogen-bond acceptors (Lipinski definition) is 2. The molecular formula is C19H42N2Si. The Morgan fingerprint density at radius 3 is 1.55 bits per heavy atom. The molecule has 0 rings (SSSR count). The van der Waals surface area contributed by atoms with Crippen molar-refractivity contribution in [2.45, 2.75) is 110 Å². The van der Waals surface area contributed by atoms with E-state index in [-0.39, 0.29) is 5.66 Å². The van der Waals surface area contributed by atoms with E-state index < -0.39 is 0 Å². The maximum atomic E-state index is 4.37. The van der Waals surface area contributed by atoms with Crippen molar-refractivity contribution in [2.24, 2.45) is 0 Å². The van der Waals surface area contributed by atoms with Crippen LogP contribution in [0.3, 0.4) is 0 Å². The van der Waals surface area contributed by atoms with Gasteiger partial charge in [0.15, 0.2) is 0 Å². The third-order valence-corrected chi connectivity index (χ3v) is 5.81. The maximum absolute atomic E-state index is 4.37. The van der Waals surface area contributed by atoms with E-state index in [0.717, 1.165) is 16.7 Å². The standard InChI is InChI=1S/C19H42N2Si/c1-7-12-14-17(9-3)20-19(11-5,16(6)22)21-18(10-4)15-13-8-2/h17-18,20-21H,6-15H2,1-5,22H3. The Hall–Kier alpha value is -0.123. The molecule has 0 aromatic rings. The van der Waals surface area contributed by atoms with Gasteiger partial charge >= 0.3 is 0 Å².